The van der Waals surface area contributed by atoms with Crippen molar-refractivity contribution in [2.24, 2.45) is 0 Å². The minimum atomic E-state index is -0.783. The fourth-order valence-electron chi connectivity index (χ4n) is 2.95. The third-order valence-electron chi connectivity index (χ3n) is 4.28. The Morgan fingerprint density at radius 3 is 2.57 bits per heavy atom. The summed E-state index contributed by atoms with van der Waals surface area (Å²) in [6.45, 7) is 2.64. The normalized spacial score (nSPS) is 16.7. The number of ether oxygens (including phenoxy) is 1. The number of carboxylic acid groups (broad SMARTS) is 1. The molecule has 1 aromatic carbocycles. The molecule has 0 aromatic heterocycles. The van der Waals surface area contributed by atoms with E-state index in [0.29, 0.717) is 21.8 Å². The quantitative estimate of drug-likeness (QED) is 0.844. The number of likely N-dealkylation sites (N-methyl/N-ethyl adjacent to an activating group) is 1. The van der Waals surface area contributed by atoms with E-state index in [1.165, 1.54) is 0 Å². The lowest BCUT2D eigenvalue weighted by Gasteiger charge is -2.36. The number of likely N-dealkylation sites (tertiary alicyclic amines) is 1. The van der Waals surface area contributed by atoms with Gasteiger partial charge in [-0.2, -0.15) is 0 Å². The Kier molecular flexibility index (Phi) is 6.53. The van der Waals surface area contributed by atoms with Crippen LogP contribution in [0.25, 0.3) is 0 Å². The van der Waals surface area contributed by atoms with Gasteiger partial charge >= 0.3 is 5.97 Å². The lowest BCUT2D eigenvalue weighted by atomic mass is 10.0. The highest BCUT2D eigenvalue weighted by atomic mass is 35.5. The Morgan fingerprint density at radius 2 is 2.00 bits per heavy atom. The monoisotopic (exact) mass is 360 g/mol. The molecular formula is C16H22Cl2N2O3. The zero-order valence-corrected chi connectivity index (χ0v) is 14.9. The minimum Gasteiger partial charge on any atom is -0.495 e. The molecule has 1 fully saturated rings. The molecule has 1 heterocycles. The SMILES string of the molecule is COc1cc(Cl)c(CN2CCC(N(C)CC(=O)O)CC2)cc1Cl. The van der Waals surface area contributed by atoms with Crippen molar-refractivity contribution in [1.29, 1.82) is 0 Å². The van der Waals surface area contributed by atoms with E-state index >= 15 is 0 Å². The number of hydrogen-bond donors (Lipinski definition) is 1. The second-order valence-electron chi connectivity index (χ2n) is 5.89. The molecule has 0 spiro atoms. The first-order valence-corrected chi connectivity index (χ1v) is 8.32. The van der Waals surface area contributed by atoms with Gasteiger partial charge in [-0.05, 0) is 44.6 Å². The van der Waals surface area contributed by atoms with Gasteiger partial charge in [0.2, 0.25) is 0 Å². The van der Waals surface area contributed by atoms with Gasteiger partial charge in [-0.15, -0.1) is 0 Å². The second kappa shape index (κ2) is 8.20. The van der Waals surface area contributed by atoms with Gasteiger partial charge in [-0.25, -0.2) is 0 Å². The van der Waals surface area contributed by atoms with E-state index in [2.05, 4.69) is 4.90 Å². The van der Waals surface area contributed by atoms with E-state index in [0.717, 1.165) is 38.0 Å². The zero-order valence-electron chi connectivity index (χ0n) is 13.4. The first-order valence-electron chi connectivity index (χ1n) is 7.57. The van der Waals surface area contributed by atoms with Crippen LogP contribution in [-0.2, 0) is 11.3 Å². The van der Waals surface area contributed by atoms with Crippen molar-refractivity contribution >= 4 is 29.2 Å². The van der Waals surface area contributed by atoms with Crippen molar-refractivity contribution in [1.82, 2.24) is 9.80 Å². The lowest BCUT2D eigenvalue weighted by molar-refractivity contribution is -0.138. The van der Waals surface area contributed by atoms with E-state index in [1.54, 1.807) is 13.2 Å². The molecule has 1 aromatic rings. The molecule has 128 valence electrons. The van der Waals surface area contributed by atoms with Crippen LogP contribution < -0.4 is 4.74 Å². The maximum atomic E-state index is 10.8. The smallest absolute Gasteiger partial charge is 0.317 e. The van der Waals surface area contributed by atoms with Crippen molar-refractivity contribution in [2.45, 2.75) is 25.4 Å². The van der Waals surface area contributed by atoms with Gasteiger partial charge in [0.1, 0.15) is 5.75 Å². The molecule has 5 nitrogen and oxygen atoms in total. The summed E-state index contributed by atoms with van der Waals surface area (Å²) in [5.74, 6) is -0.205. The fraction of sp³-hybridized carbons (Fsp3) is 0.562. The minimum absolute atomic E-state index is 0.0879. The first-order chi connectivity index (χ1) is 10.9. The second-order valence-corrected chi connectivity index (χ2v) is 6.71. The number of rotatable bonds is 6. The van der Waals surface area contributed by atoms with Gasteiger partial charge in [0.15, 0.2) is 0 Å². The summed E-state index contributed by atoms with van der Waals surface area (Å²) < 4.78 is 5.16. The molecule has 0 radical (unpaired) electrons. The molecule has 2 rings (SSSR count). The van der Waals surface area contributed by atoms with Crippen molar-refractivity contribution in [3.63, 3.8) is 0 Å². The van der Waals surface area contributed by atoms with Gasteiger partial charge in [0, 0.05) is 23.7 Å². The molecule has 0 amide bonds. The maximum Gasteiger partial charge on any atom is 0.317 e. The lowest BCUT2D eigenvalue weighted by Crippen LogP contribution is -2.44. The van der Waals surface area contributed by atoms with Crippen LogP contribution in [0, 0.1) is 0 Å². The standard InChI is InChI=1S/C16H22Cl2N2O3/c1-19(10-16(21)22)12-3-5-20(6-4-12)9-11-7-14(18)15(23-2)8-13(11)17/h7-8,12H,3-6,9-10H2,1-2H3,(H,21,22). The third kappa shape index (κ3) is 4.98. The van der Waals surface area contributed by atoms with Crippen LogP contribution in [0.1, 0.15) is 18.4 Å². The Balaban J connectivity index is 1.92. The number of hydrogen-bond acceptors (Lipinski definition) is 4. The number of carbonyl (C=O) groups is 1. The van der Waals surface area contributed by atoms with E-state index < -0.39 is 5.97 Å². The number of nitrogens with zero attached hydrogens (tertiary/aromatic N) is 2. The zero-order chi connectivity index (χ0) is 17.0. The van der Waals surface area contributed by atoms with Crippen LogP contribution in [0.5, 0.6) is 5.75 Å². The summed E-state index contributed by atoms with van der Waals surface area (Å²) in [5, 5.41) is 10.1. The van der Waals surface area contributed by atoms with Gasteiger partial charge in [-0.3, -0.25) is 14.6 Å². The fourth-order valence-corrected chi connectivity index (χ4v) is 3.43. The summed E-state index contributed by atoms with van der Waals surface area (Å²) >= 11 is 12.5. The van der Waals surface area contributed by atoms with Crippen LogP contribution in [0.4, 0.5) is 0 Å². The molecule has 0 bridgehead atoms. The number of carboxylic acids is 1. The average Bonchev–Trinajstić information content (AvgIpc) is 2.50. The molecule has 0 aliphatic carbocycles. The van der Waals surface area contributed by atoms with Crippen molar-refractivity contribution in [2.75, 3.05) is 33.8 Å². The molecule has 1 N–H and O–H groups in total. The highest BCUT2D eigenvalue weighted by molar-refractivity contribution is 6.34. The summed E-state index contributed by atoms with van der Waals surface area (Å²) in [4.78, 5) is 15.0. The number of methoxy groups -OCH3 is 1. The highest BCUT2D eigenvalue weighted by Crippen LogP contribution is 2.32. The molecule has 1 aliphatic rings. The maximum absolute atomic E-state index is 10.8. The Morgan fingerprint density at radius 1 is 1.35 bits per heavy atom. The molecule has 1 saturated heterocycles. The van der Waals surface area contributed by atoms with Gasteiger partial charge in [0.25, 0.3) is 0 Å². The Labute approximate surface area is 146 Å². The summed E-state index contributed by atoms with van der Waals surface area (Å²) in [6.07, 6.45) is 1.90. The molecule has 0 atom stereocenters. The molecule has 0 saturated carbocycles. The number of aliphatic carboxylic acids is 1. The van der Waals surface area contributed by atoms with Gasteiger partial charge in [0.05, 0.1) is 18.7 Å². The Hall–Kier alpha value is -1.01. The van der Waals surface area contributed by atoms with E-state index in [1.807, 2.05) is 18.0 Å². The largest absolute Gasteiger partial charge is 0.495 e. The topological polar surface area (TPSA) is 53.0 Å². The van der Waals surface area contributed by atoms with Crippen LogP contribution >= 0.6 is 23.2 Å². The molecule has 0 unspecified atom stereocenters. The van der Waals surface area contributed by atoms with Crippen LogP contribution in [-0.4, -0.2) is 60.7 Å². The van der Waals surface area contributed by atoms with Crippen molar-refractivity contribution in [3.05, 3.63) is 27.7 Å². The first kappa shape index (κ1) is 18.3. The van der Waals surface area contributed by atoms with Gasteiger partial charge in [-0.1, -0.05) is 23.2 Å². The van der Waals surface area contributed by atoms with E-state index in [9.17, 15) is 4.79 Å². The Bertz CT molecular complexity index is 561. The van der Waals surface area contributed by atoms with Crippen LogP contribution in [0.3, 0.4) is 0 Å². The van der Waals surface area contributed by atoms with Gasteiger partial charge < -0.3 is 9.84 Å². The van der Waals surface area contributed by atoms with Crippen LogP contribution in [0.15, 0.2) is 12.1 Å². The highest BCUT2D eigenvalue weighted by Gasteiger charge is 2.24. The van der Waals surface area contributed by atoms with Crippen molar-refractivity contribution in [3.8, 4) is 5.75 Å². The number of piperidine rings is 1. The number of halogens is 2. The molecular weight excluding hydrogens is 339 g/mol. The molecule has 23 heavy (non-hydrogen) atoms. The summed E-state index contributed by atoms with van der Waals surface area (Å²) in [6, 6.07) is 3.91. The molecule has 1 aliphatic heterocycles. The predicted octanol–water partition coefficient (Wildman–Crippen LogP) is 2.98. The predicted molar refractivity (Wildman–Crippen MR) is 91.6 cm³/mol. The van der Waals surface area contributed by atoms with Crippen molar-refractivity contribution < 1.29 is 14.6 Å². The third-order valence-corrected chi connectivity index (χ3v) is 4.93. The average molecular weight is 361 g/mol. The van der Waals surface area contributed by atoms with Crippen LogP contribution in [0.2, 0.25) is 10.0 Å². The summed E-state index contributed by atoms with van der Waals surface area (Å²) in [5.41, 5.74) is 0.981. The molecule has 7 heteroatoms. The van der Waals surface area contributed by atoms with E-state index in [4.69, 9.17) is 33.0 Å². The number of benzene rings is 1. The summed E-state index contributed by atoms with van der Waals surface area (Å²) in [7, 11) is 3.43. The van der Waals surface area contributed by atoms with E-state index in [-0.39, 0.29) is 6.54 Å².